The smallest absolute Gasteiger partial charge is 0.462 e. The largest absolute Gasteiger partial charge is 0.472 e. The SMILES string of the molecule is CC/C=C\C/C=C\C/C=C\C/C=C\CCC(=O)OC(CO)COP(=O)(O)OCC(COC(=O)CCCCCCCCC/C=C\C/C=C\CCCCC)OC(=O)CCCCCCC/C=C\CCCCCCCC. The molecule has 0 saturated heterocycles. The molecule has 0 rings (SSSR count). The van der Waals surface area contributed by atoms with Crippen molar-refractivity contribution in [1.29, 1.82) is 0 Å². The van der Waals surface area contributed by atoms with Crippen LogP contribution in [-0.2, 0) is 42.2 Å². The number of phosphoric acid groups is 1. The molecule has 0 radical (unpaired) electrons. The summed E-state index contributed by atoms with van der Waals surface area (Å²) in [4.78, 5) is 48.5. The lowest BCUT2D eigenvalue weighted by Gasteiger charge is -2.21. The number of carbonyl (C=O) groups is 3. The summed E-state index contributed by atoms with van der Waals surface area (Å²) in [5.41, 5.74) is 0. The van der Waals surface area contributed by atoms with Gasteiger partial charge in [-0.05, 0) is 103 Å². The molecule has 0 saturated carbocycles. The minimum Gasteiger partial charge on any atom is -0.462 e. The van der Waals surface area contributed by atoms with E-state index < -0.39 is 57.8 Å². The Morgan fingerprint density at radius 3 is 1.24 bits per heavy atom. The summed E-state index contributed by atoms with van der Waals surface area (Å²) < 4.78 is 39.4. The van der Waals surface area contributed by atoms with Crippen LogP contribution in [0.25, 0.3) is 0 Å². The van der Waals surface area contributed by atoms with Crippen molar-refractivity contribution in [2.75, 3.05) is 26.4 Å². The molecular weight excluding hydrogens is 928 g/mol. The molecule has 0 aliphatic rings. The first-order valence-corrected chi connectivity index (χ1v) is 30.0. The van der Waals surface area contributed by atoms with Crippen molar-refractivity contribution in [1.82, 2.24) is 0 Å². The van der Waals surface area contributed by atoms with E-state index in [9.17, 15) is 28.9 Å². The molecule has 3 atom stereocenters. The average molecular weight is 1030 g/mol. The highest BCUT2D eigenvalue weighted by atomic mass is 31.2. The Kier molecular flexibility index (Phi) is 51.4. The molecule has 12 heteroatoms. The van der Waals surface area contributed by atoms with E-state index in [1.807, 2.05) is 12.2 Å². The number of ether oxygens (including phenoxy) is 3. The predicted octanol–water partition coefficient (Wildman–Crippen LogP) is 16.7. The van der Waals surface area contributed by atoms with Crippen molar-refractivity contribution in [3.05, 3.63) is 85.1 Å². The van der Waals surface area contributed by atoms with Crippen LogP contribution in [0.1, 0.15) is 239 Å². The molecular formula is C60H103O11P. The molecule has 0 amide bonds. The zero-order valence-electron chi connectivity index (χ0n) is 45.6. The van der Waals surface area contributed by atoms with E-state index >= 15 is 0 Å². The van der Waals surface area contributed by atoms with Gasteiger partial charge in [-0.25, -0.2) is 4.57 Å². The van der Waals surface area contributed by atoms with Gasteiger partial charge in [-0.1, -0.05) is 202 Å². The lowest BCUT2D eigenvalue weighted by molar-refractivity contribution is -0.161. The van der Waals surface area contributed by atoms with Gasteiger partial charge in [0.25, 0.3) is 0 Å². The third-order valence-electron chi connectivity index (χ3n) is 11.8. The summed E-state index contributed by atoms with van der Waals surface area (Å²) in [7, 11) is -4.77. The maximum atomic E-state index is 12.9. The van der Waals surface area contributed by atoms with Gasteiger partial charge in [0, 0.05) is 19.3 Å². The van der Waals surface area contributed by atoms with Crippen LogP contribution in [-0.4, -0.2) is 66.5 Å². The number of hydrogen-bond donors (Lipinski definition) is 2. The highest BCUT2D eigenvalue weighted by Gasteiger charge is 2.28. The van der Waals surface area contributed by atoms with Gasteiger partial charge in [0.1, 0.15) is 12.7 Å². The zero-order valence-corrected chi connectivity index (χ0v) is 46.5. The monoisotopic (exact) mass is 1030 g/mol. The van der Waals surface area contributed by atoms with Crippen LogP contribution in [0, 0.1) is 0 Å². The zero-order chi connectivity index (χ0) is 52.7. The van der Waals surface area contributed by atoms with Gasteiger partial charge in [0.05, 0.1) is 19.8 Å². The quantitative estimate of drug-likeness (QED) is 0.0197. The van der Waals surface area contributed by atoms with E-state index in [1.165, 1.54) is 77.0 Å². The molecule has 2 N–H and O–H groups in total. The van der Waals surface area contributed by atoms with Crippen molar-refractivity contribution in [3.63, 3.8) is 0 Å². The second kappa shape index (κ2) is 53.9. The van der Waals surface area contributed by atoms with Crippen LogP contribution in [0.3, 0.4) is 0 Å². The van der Waals surface area contributed by atoms with Crippen molar-refractivity contribution < 1.29 is 52.2 Å². The van der Waals surface area contributed by atoms with Gasteiger partial charge in [0.2, 0.25) is 0 Å². The lowest BCUT2D eigenvalue weighted by atomic mass is 10.1. The highest BCUT2D eigenvalue weighted by molar-refractivity contribution is 7.47. The number of allylic oxidation sites excluding steroid dienone is 14. The first kappa shape index (κ1) is 68.7. The van der Waals surface area contributed by atoms with Crippen LogP contribution in [0.15, 0.2) is 85.1 Å². The van der Waals surface area contributed by atoms with Crippen molar-refractivity contribution in [2.24, 2.45) is 0 Å². The number of hydrogen-bond acceptors (Lipinski definition) is 10. The molecule has 0 aliphatic heterocycles. The van der Waals surface area contributed by atoms with Gasteiger partial charge >= 0.3 is 25.7 Å². The molecule has 0 fully saturated rings. The molecule has 11 nitrogen and oxygen atoms in total. The van der Waals surface area contributed by atoms with Crippen molar-refractivity contribution >= 4 is 25.7 Å². The van der Waals surface area contributed by atoms with Crippen LogP contribution in [0.5, 0.6) is 0 Å². The Morgan fingerprint density at radius 1 is 0.403 bits per heavy atom. The van der Waals surface area contributed by atoms with Crippen LogP contribution in [0.2, 0.25) is 0 Å². The number of rotatable bonds is 52. The summed E-state index contributed by atoms with van der Waals surface area (Å²) in [5.74, 6) is -1.57. The Balaban J connectivity index is 4.81. The Bertz CT molecular complexity index is 1530. The Labute approximate surface area is 439 Å². The summed E-state index contributed by atoms with van der Waals surface area (Å²) in [5, 5.41) is 9.78. The average Bonchev–Trinajstić information content (AvgIpc) is 3.37. The van der Waals surface area contributed by atoms with E-state index in [4.69, 9.17) is 23.3 Å². The second-order valence-corrected chi connectivity index (χ2v) is 20.2. The van der Waals surface area contributed by atoms with Crippen LogP contribution < -0.4 is 0 Å². The molecule has 72 heavy (non-hydrogen) atoms. The lowest BCUT2D eigenvalue weighted by Crippen LogP contribution is -2.30. The summed E-state index contributed by atoms with van der Waals surface area (Å²) in [6, 6.07) is 0. The third-order valence-corrected chi connectivity index (χ3v) is 12.7. The molecule has 414 valence electrons. The van der Waals surface area contributed by atoms with Crippen molar-refractivity contribution in [3.8, 4) is 0 Å². The van der Waals surface area contributed by atoms with Gasteiger partial charge in [-0.3, -0.25) is 23.4 Å². The summed E-state index contributed by atoms with van der Waals surface area (Å²) >= 11 is 0. The number of aliphatic hydroxyl groups excluding tert-OH is 1. The normalized spacial score (nSPS) is 14.0. The number of phosphoric ester groups is 1. The number of carbonyl (C=O) groups excluding carboxylic acids is 3. The van der Waals surface area contributed by atoms with Gasteiger partial charge in [-0.2, -0.15) is 0 Å². The first-order valence-electron chi connectivity index (χ1n) is 28.5. The van der Waals surface area contributed by atoms with E-state index in [2.05, 4.69) is 93.7 Å². The number of unbranched alkanes of at least 4 members (excludes halogenated alkanes) is 21. The van der Waals surface area contributed by atoms with E-state index in [0.717, 1.165) is 103 Å². The van der Waals surface area contributed by atoms with E-state index in [1.54, 1.807) is 0 Å². The summed E-state index contributed by atoms with van der Waals surface area (Å²) in [6.45, 7) is 4.40. The molecule has 0 aromatic heterocycles. The fourth-order valence-corrected chi connectivity index (χ4v) is 8.24. The standard InChI is InChI=1S/C60H103O11P/c1-4-7-10-13-16-19-22-25-27-28-30-32-34-37-40-43-46-49-58(62)67-53-57(71-60(64)51-48-45-42-39-36-33-29-26-23-20-17-14-11-8-5-2)55-69-72(65,66)68-54-56(52-61)70-59(63)50-47-44-41-38-35-31-24-21-18-15-12-9-6-3/h9,12,16,18-19,21,25-27,29,31,35,41,44,56-57,61H,4-8,10-11,13-15,17,20,22-24,28,30,32-34,36-40,42-43,45-55H2,1-3H3,(H,65,66)/b12-9-,19-16-,21-18-,27-25-,29-26-,35-31-,44-41-. The topological polar surface area (TPSA) is 155 Å². The highest BCUT2D eigenvalue weighted by Crippen LogP contribution is 2.43. The third kappa shape index (κ3) is 51.6. The van der Waals surface area contributed by atoms with Gasteiger partial charge < -0.3 is 24.2 Å². The van der Waals surface area contributed by atoms with Crippen molar-refractivity contribution in [2.45, 2.75) is 251 Å². The minimum atomic E-state index is -4.77. The van der Waals surface area contributed by atoms with Gasteiger partial charge in [0.15, 0.2) is 6.10 Å². The first-order chi connectivity index (χ1) is 35.2. The maximum Gasteiger partial charge on any atom is 0.472 e. The minimum absolute atomic E-state index is 0.0526. The van der Waals surface area contributed by atoms with Gasteiger partial charge in [-0.15, -0.1) is 0 Å². The number of esters is 3. The molecule has 0 aromatic carbocycles. The molecule has 0 heterocycles. The second-order valence-electron chi connectivity index (χ2n) is 18.7. The Morgan fingerprint density at radius 2 is 0.750 bits per heavy atom. The molecule has 0 aliphatic carbocycles. The number of aliphatic hydroxyl groups is 1. The van der Waals surface area contributed by atoms with Crippen LogP contribution in [0.4, 0.5) is 0 Å². The predicted molar refractivity (Wildman–Crippen MR) is 298 cm³/mol. The molecule has 3 unspecified atom stereocenters. The Hall–Kier alpha value is -3.34. The molecule has 0 spiro atoms. The molecule has 0 aromatic rings. The van der Waals surface area contributed by atoms with Crippen LogP contribution >= 0.6 is 7.82 Å². The maximum absolute atomic E-state index is 12.9. The van der Waals surface area contributed by atoms with E-state index in [-0.39, 0.29) is 25.9 Å². The fraction of sp³-hybridized carbons (Fsp3) is 0.717. The summed E-state index contributed by atoms with van der Waals surface area (Å²) in [6.07, 6.45) is 61.3. The fourth-order valence-electron chi connectivity index (χ4n) is 7.45. The molecule has 0 bridgehead atoms. The van der Waals surface area contributed by atoms with E-state index in [0.29, 0.717) is 19.3 Å².